The standard InChI is InChI=1S/C15H13NO3S/c17-14-13(20-15(18)16-14)7-8-19-12-6-5-10-3-1-2-4-11(10)9-12/h1-6,9,17H,7-8H2,(H,16,18). The van der Waals surface area contributed by atoms with Gasteiger partial charge in [-0.1, -0.05) is 41.7 Å². The Morgan fingerprint density at radius 3 is 2.70 bits per heavy atom. The van der Waals surface area contributed by atoms with Crippen molar-refractivity contribution in [3.05, 3.63) is 57.0 Å². The van der Waals surface area contributed by atoms with Crippen LogP contribution in [-0.4, -0.2) is 16.7 Å². The molecule has 5 heteroatoms. The van der Waals surface area contributed by atoms with Crippen molar-refractivity contribution < 1.29 is 9.84 Å². The molecule has 1 heterocycles. The van der Waals surface area contributed by atoms with Crippen LogP contribution in [0.3, 0.4) is 0 Å². The van der Waals surface area contributed by atoms with Crippen molar-refractivity contribution in [1.29, 1.82) is 0 Å². The van der Waals surface area contributed by atoms with Crippen LogP contribution in [0.15, 0.2) is 47.3 Å². The number of nitrogens with one attached hydrogen (secondary N) is 1. The molecule has 0 aliphatic heterocycles. The van der Waals surface area contributed by atoms with Gasteiger partial charge in [0.2, 0.25) is 5.88 Å². The normalized spacial score (nSPS) is 10.8. The van der Waals surface area contributed by atoms with Crippen molar-refractivity contribution >= 4 is 22.1 Å². The number of aromatic hydroxyl groups is 1. The first-order chi connectivity index (χ1) is 9.72. The van der Waals surface area contributed by atoms with Gasteiger partial charge in [-0.15, -0.1) is 0 Å². The molecule has 2 aromatic carbocycles. The van der Waals surface area contributed by atoms with Gasteiger partial charge in [0, 0.05) is 6.42 Å². The SMILES string of the molecule is O=c1[nH]c(O)c(CCOc2ccc3ccccc3c2)s1. The molecule has 0 atom stereocenters. The van der Waals surface area contributed by atoms with Crippen LogP contribution in [0.5, 0.6) is 11.6 Å². The smallest absolute Gasteiger partial charge is 0.307 e. The molecule has 0 saturated heterocycles. The summed E-state index contributed by atoms with van der Waals surface area (Å²) >= 11 is 1.01. The van der Waals surface area contributed by atoms with E-state index in [2.05, 4.69) is 11.1 Å². The molecule has 2 N–H and O–H groups in total. The average Bonchev–Trinajstić information content (AvgIpc) is 2.77. The maximum atomic E-state index is 11.1. The zero-order valence-corrected chi connectivity index (χ0v) is 11.4. The predicted octanol–water partition coefficient (Wildman–Crippen LogP) is 2.92. The lowest BCUT2D eigenvalue weighted by atomic mass is 10.1. The molecule has 0 aliphatic carbocycles. The summed E-state index contributed by atoms with van der Waals surface area (Å²) in [5, 5.41) is 11.8. The second kappa shape index (κ2) is 5.38. The summed E-state index contributed by atoms with van der Waals surface area (Å²) in [7, 11) is 0. The molecule has 0 fully saturated rings. The Hall–Kier alpha value is -2.27. The Kier molecular flexibility index (Phi) is 3.43. The summed E-state index contributed by atoms with van der Waals surface area (Å²) in [5.41, 5.74) is 0. The number of benzene rings is 2. The van der Waals surface area contributed by atoms with E-state index in [1.165, 1.54) is 5.39 Å². The van der Waals surface area contributed by atoms with Crippen LogP contribution >= 0.6 is 11.3 Å². The molecule has 0 unspecified atom stereocenters. The zero-order chi connectivity index (χ0) is 13.9. The third-order valence-corrected chi connectivity index (χ3v) is 3.95. The van der Waals surface area contributed by atoms with E-state index in [0.29, 0.717) is 17.9 Å². The van der Waals surface area contributed by atoms with Gasteiger partial charge in [-0.25, -0.2) is 0 Å². The van der Waals surface area contributed by atoms with Crippen LogP contribution in [0, 0.1) is 0 Å². The number of aromatic nitrogens is 1. The summed E-state index contributed by atoms with van der Waals surface area (Å²) in [6.45, 7) is 0.416. The molecule has 0 radical (unpaired) electrons. The van der Waals surface area contributed by atoms with Crippen LogP contribution < -0.4 is 9.61 Å². The summed E-state index contributed by atoms with van der Waals surface area (Å²) in [6.07, 6.45) is 0.502. The maximum absolute atomic E-state index is 11.1. The van der Waals surface area contributed by atoms with Crippen molar-refractivity contribution in [2.45, 2.75) is 6.42 Å². The van der Waals surface area contributed by atoms with Gasteiger partial charge in [0.05, 0.1) is 11.5 Å². The monoisotopic (exact) mass is 287 g/mol. The third kappa shape index (κ3) is 2.67. The second-order valence-corrected chi connectivity index (χ2v) is 5.46. The highest BCUT2D eigenvalue weighted by molar-refractivity contribution is 7.09. The lowest BCUT2D eigenvalue weighted by Crippen LogP contribution is -2.00. The number of H-pyrrole nitrogens is 1. The van der Waals surface area contributed by atoms with Crippen molar-refractivity contribution in [2.75, 3.05) is 6.61 Å². The fourth-order valence-electron chi connectivity index (χ4n) is 2.04. The highest BCUT2D eigenvalue weighted by Crippen LogP contribution is 2.21. The van der Waals surface area contributed by atoms with Gasteiger partial charge in [0.25, 0.3) is 0 Å². The number of rotatable bonds is 4. The van der Waals surface area contributed by atoms with Crippen molar-refractivity contribution in [2.24, 2.45) is 0 Å². The fraction of sp³-hybridized carbons (Fsp3) is 0.133. The van der Waals surface area contributed by atoms with Crippen LogP contribution in [0.25, 0.3) is 10.8 Å². The maximum Gasteiger partial charge on any atom is 0.307 e. The fourth-order valence-corrected chi connectivity index (χ4v) is 2.74. The summed E-state index contributed by atoms with van der Waals surface area (Å²) < 4.78 is 5.66. The first-order valence-corrected chi connectivity index (χ1v) is 7.06. The van der Waals surface area contributed by atoms with Gasteiger partial charge < -0.3 is 9.84 Å². The van der Waals surface area contributed by atoms with Gasteiger partial charge in [-0.2, -0.15) is 0 Å². The van der Waals surface area contributed by atoms with Crippen LogP contribution in [0.4, 0.5) is 0 Å². The van der Waals surface area contributed by atoms with E-state index in [-0.39, 0.29) is 10.8 Å². The highest BCUT2D eigenvalue weighted by atomic mass is 32.1. The quantitative estimate of drug-likeness (QED) is 0.775. The highest BCUT2D eigenvalue weighted by Gasteiger charge is 2.06. The van der Waals surface area contributed by atoms with Crippen molar-refractivity contribution in [3.63, 3.8) is 0 Å². The summed E-state index contributed by atoms with van der Waals surface area (Å²) in [4.78, 5) is 13.8. The third-order valence-electron chi connectivity index (χ3n) is 3.02. The number of thiazole rings is 1. The first-order valence-electron chi connectivity index (χ1n) is 6.25. The Labute approximate surface area is 119 Å². The van der Waals surface area contributed by atoms with Gasteiger partial charge >= 0.3 is 4.87 Å². The largest absolute Gasteiger partial charge is 0.494 e. The molecule has 20 heavy (non-hydrogen) atoms. The summed E-state index contributed by atoms with van der Waals surface area (Å²) in [6, 6.07) is 14.0. The molecule has 0 bridgehead atoms. The Morgan fingerprint density at radius 2 is 1.95 bits per heavy atom. The molecular formula is C15H13NO3S. The van der Waals surface area contributed by atoms with Crippen LogP contribution in [-0.2, 0) is 6.42 Å². The number of hydrogen-bond donors (Lipinski definition) is 2. The number of fused-ring (bicyclic) bond motifs is 1. The molecule has 4 nitrogen and oxygen atoms in total. The van der Waals surface area contributed by atoms with E-state index < -0.39 is 0 Å². The Morgan fingerprint density at radius 1 is 1.15 bits per heavy atom. The van der Waals surface area contributed by atoms with Gasteiger partial charge in [-0.05, 0) is 22.9 Å². The lowest BCUT2D eigenvalue weighted by Gasteiger charge is -2.06. The van der Waals surface area contributed by atoms with Gasteiger partial charge in [-0.3, -0.25) is 9.78 Å². The average molecular weight is 287 g/mol. The van der Waals surface area contributed by atoms with Gasteiger partial charge in [0.15, 0.2) is 0 Å². The number of ether oxygens (including phenoxy) is 1. The topological polar surface area (TPSA) is 62.3 Å². The zero-order valence-electron chi connectivity index (χ0n) is 10.6. The molecule has 102 valence electrons. The van der Waals surface area contributed by atoms with E-state index in [1.54, 1.807) is 0 Å². The molecule has 0 spiro atoms. The van der Waals surface area contributed by atoms with Crippen LogP contribution in [0.1, 0.15) is 4.88 Å². The number of aromatic amines is 1. The predicted molar refractivity (Wildman–Crippen MR) is 79.8 cm³/mol. The first kappa shape index (κ1) is 12.7. The minimum atomic E-state index is -0.247. The molecule has 0 saturated carbocycles. The van der Waals surface area contributed by atoms with Crippen LogP contribution in [0.2, 0.25) is 0 Å². The van der Waals surface area contributed by atoms with Crippen molar-refractivity contribution in [1.82, 2.24) is 4.98 Å². The molecule has 1 aromatic heterocycles. The number of hydrogen-bond acceptors (Lipinski definition) is 4. The van der Waals surface area contributed by atoms with E-state index in [4.69, 9.17) is 4.74 Å². The second-order valence-electron chi connectivity index (χ2n) is 4.39. The minimum Gasteiger partial charge on any atom is -0.494 e. The van der Waals surface area contributed by atoms with Crippen molar-refractivity contribution in [3.8, 4) is 11.6 Å². The summed E-state index contributed by atoms with van der Waals surface area (Å²) in [5.74, 6) is 0.730. The molecule has 3 aromatic rings. The molecule has 3 rings (SSSR count). The molecule has 0 aliphatic rings. The Balaban J connectivity index is 1.68. The van der Waals surface area contributed by atoms with E-state index in [1.807, 2.05) is 36.4 Å². The Bertz CT molecular complexity index is 791. The van der Waals surface area contributed by atoms with Gasteiger partial charge in [0.1, 0.15) is 5.75 Å². The minimum absolute atomic E-state index is 0.0536. The van der Waals surface area contributed by atoms with E-state index >= 15 is 0 Å². The molecular weight excluding hydrogens is 274 g/mol. The molecule has 0 amide bonds. The lowest BCUT2D eigenvalue weighted by molar-refractivity contribution is 0.320. The van der Waals surface area contributed by atoms with E-state index in [9.17, 15) is 9.90 Å². The van der Waals surface area contributed by atoms with E-state index in [0.717, 1.165) is 22.5 Å².